The van der Waals surface area contributed by atoms with Crippen LogP contribution in [-0.2, 0) is 25.8 Å². The van der Waals surface area contributed by atoms with Crippen molar-refractivity contribution in [1.82, 2.24) is 14.7 Å². The molecule has 1 unspecified atom stereocenters. The second-order valence-electron chi connectivity index (χ2n) is 7.04. The van der Waals surface area contributed by atoms with Crippen LogP contribution in [0.25, 0.3) is 10.9 Å². The molecule has 0 aliphatic heterocycles. The van der Waals surface area contributed by atoms with E-state index in [2.05, 4.69) is 35.9 Å². The Morgan fingerprint density at radius 2 is 2.06 bits per heavy atom. The highest BCUT2D eigenvalue weighted by Gasteiger charge is 2.15. The summed E-state index contributed by atoms with van der Waals surface area (Å²) in [6.45, 7) is 4.91. The molecule has 34 heavy (non-hydrogen) atoms. The van der Waals surface area contributed by atoms with E-state index in [0.717, 1.165) is 20.9 Å². The smallest absolute Gasteiger partial charge is 0.418 e. The monoisotopic (exact) mass is 550 g/mol. The van der Waals surface area contributed by atoms with Crippen LogP contribution in [0.5, 0.6) is 5.75 Å². The predicted octanol–water partition coefficient (Wildman–Crippen LogP) is 4.16. The number of halogens is 1. The minimum atomic E-state index is -2.93. The number of aromatic nitrogens is 2. The second-order valence-corrected chi connectivity index (χ2v) is 10.2. The van der Waals surface area contributed by atoms with Gasteiger partial charge in [0.05, 0.1) is 37.8 Å². The first-order valence-corrected chi connectivity index (χ1v) is 13.0. The molecule has 0 aliphatic rings. The van der Waals surface area contributed by atoms with Crippen LogP contribution in [0.2, 0.25) is 0 Å². The fourth-order valence-corrected chi connectivity index (χ4v) is 4.98. The minimum Gasteiger partial charge on any atom is -0.488 e. The van der Waals surface area contributed by atoms with Crippen LogP contribution in [-0.4, -0.2) is 52.5 Å². The first kappa shape index (κ1) is 25.7. The van der Waals surface area contributed by atoms with Crippen molar-refractivity contribution in [2.75, 3.05) is 32.2 Å². The topological polar surface area (TPSA) is 112 Å². The molecule has 9 nitrogen and oxygen atoms in total. The lowest BCUT2D eigenvalue weighted by molar-refractivity contribution is 0.159. The number of hydrogen-bond donors (Lipinski definition) is 2. The minimum absolute atomic E-state index is 0.190. The lowest BCUT2D eigenvalue weighted by Crippen LogP contribution is -2.32. The fraction of sp³-hybridized carbons (Fsp3) is 0.304. The summed E-state index contributed by atoms with van der Waals surface area (Å²) in [6.07, 6.45) is 0.762. The van der Waals surface area contributed by atoms with Crippen LogP contribution in [0.3, 0.4) is 0 Å². The quantitative estimate of drug-likeness (QED) is 0.286. The number of anilines is 1. The molecule has 182 valence electrons. The van der Waals surface area contributed by atoms with Crippen molar-refractivity contribution in [2.45, 2.75) is 25.3 Å². The van der Waals surface area contributed by atoms with E-state index >= 15 is 0 Å². The molecular weight excluding hydrogens is 524 g/mol. The number of carbonyl (C=O) groups is 1. The molecule has 3 aromatic rings. The number of fused-ring (bicyclic) bond motifs is 1. The SMILES string of the molecule is CC=S(=O)(NC(=O)OCC)c1cccc(COc2cc3ncnc(NCCOC)c3cc2Br)c1. The molecule has 11 heteroatoms. The van der Waals surface area contributed by atoms with Crippen LogP contribution in [0.4, 0.5) is 10.6 Å². The van der Waals surface area contributed by atoms with E-state index in [1.807, 2.05) is 18.2 Å². The van der Waals surface area contributed by atoms with Gasteiger partial charge in [0.25, 0.3) is 0 Å². The van der Waals surface area contributed by atoms with E-state index in [4.69, 9.17) is 14.2 Å². The highest BCUT2D eigenvalue weighted by molar-refractivity contribution is 9.10. The van der Waals surface area contributed by atoms with E-state index < -0.39 is 15.8 Å². The molecule has 0 radical (unpaired) electrons. The molecule has 0 saturated carbocycles. The van der Waals surface area contributed by atoms with Gasteiger partial charge in [-0.05, 0) is 58.9 Å². The van der Waals surface area contributed by atoms with E-state index in [9.17, 15) is 9.00 Å². The van der Waals surface area contributed by atoms with E-state index in [1.54, 1.807) is 39.2 Å². The van der Waals surface area contributed by atoms with Crippen LogP contribution in [0.15, 0.2) is 52.1 Å². The molecule has 1 atom stereocenters. The maximum absolute atomic E-state index is 13.3. The number of hydrogen-bond acceptors (Lipinski definition) is 8. The summed E-state index contributed by atoms with van der Waals surface area (Å²) in [4.78, 5) is 21.0. The van der Waals surface area contributed by atoms with Crippen molar-refractivity contribution in [3.05, 3.63) is 52.8 Å². The standard InChI is InChI=1S/C23H27BrN4O5S/c1-4-32-23(29)28-34(30,5-2)17-8-6-7-16(11-17)14-33-21-13-20-18(12-19(21)24)22(27-15-26-20)25-9-10-31-3/h5-8,11-13,15H,4,9-10,14H2,1-3H3,(H,25,26,27)(H,28,29,30). The molecule has 0 spiro atoms. The second kappa shape index (κ2) is 12.0. The average Bonchev–Trinajstić information content (AvgIpc) is 2.83. The van der Waals surface area contributed by atoms with Gasteiger partial charge in [-0.2, -0.15) is 0 Å². The Morgan fingerprint density at radius 1 is 1.24 bits per heavy atom. The summed E-state index contributed by atoms with van der Waals surface area (Å²) in [5, 5.41) is 5.54. The molecule has 2 aromatic carbocycles. The Hall–Kier alpha value is -2.89. The number of ether oxygens (including phenoxy) is 3. The molecule has 0 fully saturated rings. The Kier molecular flexibility index (Phi) is 9.08. The number of rotatable bonds is 10. The average molecular weight is 551 g/mol. The van der Waals surface area contributed by atoms with Crippen LogP contribution in [0.1, 0.15) is 19.4 Å². The highest BCUT2D eigenvalue weighted by atomic mass is 79.9. The Labute approximate surface area is 207 Å². The number of methoxy groups -OCH3 is 1. The molecule has 0 aliphatic carbocycles. The number of amides is 1. The maximum atomic E-state index is 13.3. The van der Waals surface area contributed by atoms with Gasteiger partial charge in [-0.3, -0.25) is 0 Å². The van der Waals surface area contributed by atoms with Crippen LogP contribution in [0, 0.1) is 0 Å². The zero-order chi connectivity index (χ0) is 24.6. The zero-order valence-corrected chi connectivity index (χ0v) is 21.6. The molecule has 1 heterocycles. The van der Waals surface area contributed by atoms with Crippen molar-refractivity contribution in [3.63, 3.8) is 0 Å². The highest BCUT2D eigenvalue weighted by Crippen LogP contribution is 2.32. The number of nitrogens with one attached hydrogen (secondary N) is 2. The predicted molar refractivity (Wildman–Crippen MR) is 137 cm³/mol. The third kappa shape index (κ3) is 6.37. The zero-order valence-electron chi connectivity index (χ0n) is 19.2. The number of benzene rings is 2. The van der Waals surface area contributed by atoms with Crippen molar-refractivity contribution in [3.8, 4) is 5.75 Å². The summed E-state index contributed by atoms with van der Waals surface area (Å²) < 4.78 is 32.4. The Morgan fingerprint density at radius 3 is 2.79 bits per heavy atom. The molecule has 1 amide bonds. The molecular formula is C23H27BrN4O5S. The molecule has 2 N–H and O–H groups in total. The van der Waals surface area contributed by atoms with Gasteiger partial charge >= 0.3 is 6.09 Å². The summed E-state index contributed by atoms with van der Waals surface area (Å²) >= 11 is 3.56. The van der Waals surface area contributed by atoms with Gasteiger partial charge in [0, 0.05) is 25.1 Å². The number of carbonyl (C=O) groups excluding carboxylic acids is 1. The van der Waals surface area contributed by atoms with Gasteiger partial charge in [0.2, 0.25) is 0 Å². The largest absolute Gasteiger partial charge is 0.488 e. The van der Waals surface area contributed by atoms with Crippen molar-refractivity contribution in [2.24, 2.45) is 0 Å². The summed E-state index contributed by atoms with van der Waals surface area (Å²) in [5.74, 6) is 1.31. The maximum Gasteiger partial charge on any atom is 0.418 e. The third-order valence-corrected chi connectivity index (χ3v) is 7.48. The van der Waals surface area contributed by atoms with Crippen molar-refractivity contribution in [1.29, 1.82) is 0 Å². The Bertz CT molecular complexity index is 1280. The first-order chi connectivity index (χ1) is 16.4. The van der Waals surface area contributed by atoms with Gasteiger partial charge in [-0.15, -0.1) is 0 Å². The molecule has 0 bridgehead atoms. The Balaban J connectivity index is 1.79. The van der Waals surface area contributed by atoms with Crippen molar-refractivity contribution < 1.29 is 23.2 Å². The lowest BCUT2D eigenvalue weighted by atomic mass is 10.2. The van der Waals surface area contributed by atoms with E-state index in [-0.39, 0.29) is 13.2 Å². The lowest BCUT2D eigenvalue weighted by Gasteiger charge is -2.15. The van der Waals surface area contributed by atoms with Gasteiger partial charge in [0.15, 0.2) is 0 Å². The van der Waals surface area contributed by atoms with Gasteiger partial charge in [0.1, 0.15) is 24.5 Å². The number of nitrogens with zero attached hydrogens (tertiary/aromatic N) is 2. The van der Waals surface area contributed by atoms with E-state index in [0.29, 0.717) is 29.6 Å². The van der Waals surface area contributed by atoms with Crippen LogP contribution < -0.4 is 14.8 Å². The molecule has 3 rings (SSSR count). The first-order valence-electron chi connectivity index (χ1n) is 10.6. The van der Waals surface area contributed by atoms with Gasteiger partial charge < -0.3 is 19.5 Å². The third-order valence-electron chi connectivity index (χ3n) is 4.77. The van der Waals surface area contributed by atoms with Crippen LogP contribution >= 0.6 is 15.9 Å². The normalized spacial score (nSPS) is 12.6. The summed E-state index contributed by atoms with van der Waals surface area (Å²) in [7, 11) is -1.29. The fourth-order valence-electron chi connectivity index (χ4n) is 3.10. The van der Waals surface area contributed by atoms with Gasteiger partial charge in [-0.25, -0.2) is 23.7 Å². The summed E-state index contributed by atoms with van der Waals surface area (Å²) in [5.41, 5.74) is 1.51. The van der Waals surface area contributed by atoms with Gasteiger partial charge in [-0.1, -0.05) is 12.1 Å². The van der Waals surface area contributed by atoms with E-state index in [1.165, 1.54) is 11.7 Å². The molecule has 1 aromatic heterocycles. The summed E-state index contributed by atoms with van der Waals surface area (Å²) in [6, 6.07) is 10.8. The van der Waals surface area contributed by atoms with Crippen molar-refractivity contribution >= 4 is 53.8 Å². The molecule has 0 saturated heterocycles.